The Balaban J connectivity index is 2.50. The molecule has 1 aliphatic heterocycles. The molecule has 1 saturated heterocycles. The molecule has 1 atom stereocenters. The van der Waals surface area contributed by atoms with Gasteiger partial charge in [0.25, 0.3) is 0 Å². The largest absolute Gasteiger partial charge is 0.467 e. The molecule has 1 aromatic carbocycles. The zero-order chi connectivity index (χ0) is 14.8. The highest BCUT2D eigenvalue weighted by Crippen LogP contribution is 2.32. The lowest BCUT2D eigenvalue weighted by atomic mass is 9.88. The molecule has 6 heteroatoms. The van der Waals surface area contributed by atoms with E-state index in [9.17, 15) is 13.6 Å². The van der Waals surface area contributed by atoms with E-state index in [-0.39, 0.29) is 5.56 Å². The van der Waals surface area contributed by atoms with Gasteiger partial charge in [0.15, 0.2) is 0 Å². The molecule has 4 nitrogen and oxygen atoms in total. The average molecular weight is 284 g/mol. The van der Waals surface area contributed by atoms with Crippen LogP contribution in [0.5, 0.6) is 0 Å². The Morgan fingerprint density at radius 3 is 2.60 bits per heavy atom. The number of piperazine rings is 1. The first-order chi connectivity index (χ1) is 9.50. The summed E-state index contributed by atoms with van der Waals surface area (Å²) in [5, 5.41) is 3.16. The maximum Gasteiger partial charge on any atom is 0.330 e. The van der Waals surface area contributed by atoms with Crippen molar-refractivity contribution >= 4 is 5.97 Å². The number of halogens is 2. The van der Waals surface area contributed by atoms with E-state index in [0.29, 0.717) is 26.2 Å². The van der Waals surface area contributed by atoms with Crippen molar-refractivity contribution in [2.75, 3.05) is 33.3 Å². The van der Waals surface area contributed by atoms with Crippen LogP contribution in [0.15, 0.2) is 18.2 Å². The molecule has 1 aliphatic rings. The smallest absolute Gasteiger partial charge is 0.330 e. The molecule has 0 aromatic heterocycles. The van der Waals surface area contributed by atoms with Crippen molar-refractivity contribution in [1.29, 1.82) is 0 Å². The van der Waals surface area contributed by atoms with E-state index in [0.717, 1.165) is 18.2 Å². The summed E-state index contributed by atoms with van der Waals surface area (Å²) >= 11 is 0. The van der Waals surface area contributed by atoms with Gasteiger partial charge < -0.3 is 10.1 Å². The second kappa shape index (κ2) is 5.85. The minimum absolute atomic E-state index is 0.00579. The van der Waals surface area contributed by atoms with Crippen LogP contribution >= 0.6 is 0 Å². The lowest BCUT2D eigenvalue weighted by Gasteiger charge is -2.41. The summed E-state index contributed by atoms with van der Waals surface area (Å²) in [6, 6.07) is 3.14. The van der Waals surface area contributed by atoms with Gasteiger partial charge in [-0.25, -0.2) is 13.6 Å². The summed E-state index contributed by atoms with van der Waals surface area (Å²) in [6.45, 7) is 4.05. The number of benzene rings is 1. The molecule has 0 aliphatic carbocycles. The van der Waals surface area contributed by atoms with Crippen LogP contribution in [0.4, 0.5) is 8.78 Å². The number of nitrogens with zero attached hydrogens (tertiary/aromatic N) is 1. The molecule has 1 unspecified atom stereocenters. The Labute approximate surface area is 116 Å². The molecule has 0 spiro atoms. The van der Waals surface area contributed by atoms with E-state index in [1.165, 1.54) is 7.11 Å². The summed E-state index contributed by atoms with van der Waals surface area (Å²) in [5.74, 6) is -1.78. The van der Waals surface area contributed by atoms with Crippen LogP contribution in [-0.2, 0) is 15.1 Å². The summed E-state index contributed by atoms with van der Waals surface area (Å²) in [7, 11) is 1.25. The van der Waals surface area contributed by atoms with Gasteiger partial charge in [-0.15, -0.1) is 0 Å². The lowest BCUT2D eigenvalue weighted by Crippen LogP contribution is -2.57. The predicted octanol–water partition coefficient (Wildman–Crippen LogP) is 1.26. The highest BCUT2D eigenvalue weighted by Gasteiger charge is 2.44. The molecule has 0 bridgehead atoms. The number of methoxy groups -OCH3 is 1. The summed E-state index contributed by atoms with van der Waals surface area (Å²) in [5.41, 5.74) is -1.32. The Morgan fingerprint density at radius 2 is 2.00 bits per heavy atom. The molecule has 1 aromatic rings. The molecule has 0 saturated carbocycles. The first kappa shape index (κ1) is 14.9. The number of esters is 1. The van der Waals surface area contributed by atoms with Crippen molar-refractivity contribution < 1.29 is 18.3 Å². The molecular weight excluding hydrogens is 266 g/mol. The van der Waals surface area contributed by atoms with Crippen LogP contribution in [-0.4, -0.2) is 44.2 Å². The third-order valence-corrected chi connectivity index (χ3v) is 3.79. The van der Waals surface area contributed by atoms with Crippen LogP contribution in [0.2, 0.25) is 0 Å². The number of carbonyl (C=O) groups is 1. The third kappa shape index (κ3) is 2.53. The Hall–Kier alpha value is -1.53. The monoisotopic (exact) mass is 284 g/mol. The van der Waals surface area contributed by atoms with Gasteiger partial charge >= 0.3 is 5.97 Å². The van der Waals surface area contributed by atoms with Crippen molar-refractivity contribution in [3.8, 4) is 0 Å². The number of ether oxygens (including phenoxy) is 1. The van der Waals surface area contributed by atoms with E-state index in [1.54, 1.807) is 6.92 Å². The van der Waals surface area contributed by atoms with Gasteiger partial charge in [0.1, 0.15) is 17.2 Å². The first-order valence-corrected chi connectivity index (χ1v) is 6.50. The number of carbonyl (C=O) groups excluding carboxylic acids is 1. The predicted molar refractivity (Wildman–Crippen MR) is 70.2 cm³/mol. The number of hydrogen-bond acceptors (Lipinski definition) is 4. The fraction of sp³-hybridized carbons (Fsp3) is 0.500. The fourth-order valence-corrected chi connectivity index (χ4v) is 2.59. The molecule has 2 rings (SSSR count). The van der Waals surface area contributed by atoms with Crippen molar-refractivity contribution in [1.82, 2.24) is 10.2 Å². The first-order valence-electron chi connectivity index (χ1n) is 6.50. The van der Waals surface area contributed by atoms with Crippen LogP contribution < -0.4 is 5.32 Å². The van der Waals surface area contributed by atoms with Crippen molar-refractivity contribution in [2.24, 2.45) is 0 Å². The normalized spacial score (nSPS) is 19.4. The number of nitrogens with one attached hydrogen (secondary N) is 1. The molecular formula is C14H18F2N2O2. The van der Waals surface area contributed by atoms with Gasteiger partial charge in [-0.1, -0.05) is 0 Å². The number of rotatable bonds is 3. The third-order valence-electron chi connectivity index (χ3n) is 3.79. The minimum atomic E-state index is -1.33. The maximum atomic E-state index is 14.1. The van der Waals surface area contributed by atoms with Crippen molar-refractivity contribution in [2.45, 2.75) is 12.5 Å². The van der Waals surface area contributed by atoms with Gasteiger partial charge in [0.2, 0.25) is 0 Å². The number of hydrogen-bond donors (Lipinski definition) is 1. The molecule has 1 heterocycles. The van der Waals surface area contributed by atoms with Gasteiger partial charge in [0, 0.05) is 31.7 Å². The fourth-order valence-electron chi connectivity index (χ4n) is 2.59. The SMILES string of the molecule is COC(=O)C(C)(c1cc(F)ccc1F)N1CCNCC1. The highest BCUT2D eigenvalue weighted by atomic mass is 19.1. The molecule has 1 N–H and O–H groups in total. The summed E-state index contributed by atoms with van der Waals surface area (Å²) in [4.78, 5) is 14.0. The van der Waals surface area contributed by atoms with Crippen molar-refractivity contribution in [3.63, 3.8) is 0 Å². The molecule has 110 valence electrons. The topological polar surface area (TPSA) is 41.6 Å². The maximum absolute atomic E-state index is 14.1. The van der Waals surface area contributed by atoms with E-state index >= 15 is 0 Å². The van der Waals surface area contributed by atoms with Gasteiger partial charge in [0.05, 0.1) is 7.11 Å². The highest BCUT2D eigenvalue weighted by molar-refractivity contribution is 5.82. The molecule has 0 radical (unpaired) electrons. The molecule has 1 fully saturated rings. The Kier molecular flexibility index (Phi) is 4.35. The van der Waals surface area contributed by atoms with Crippen LogP contribution in [0.25, 0.3) is 0 Å². The van der Waals surface area contributed by atoms with Gasteiger partial charge in [-0.05, 0) is 25.1 Å². The zero-order valence-corrected chi connectivity index (χ0v) is 11.6. The van der Waals surface area contributed by atoms with Crippen LogP contribution in [0.1, 0.15) is 12.5 Å². The standard InChI is InChI=1S/C14H18F2N2O2/c1-14(13(19)20-2,18-7-5-17-6-8-18)11-9-10(15)3-4-12(11)16/h3-4,9,17H,5-8H2,1-2H3. The minimum Gasteiger partial charge on any atom is -0.467 e. The Bertz CT molecular complexity index is 504. The molecule has 20 heavy (non-hydrogen) atoms. The van der Waals surface area contributed by atoms with Gasteiger partial charge in [-0.3, -0.25) is 4.90 Å². The van der Waals surface area contributed by atoms with Crippen molar-refractivity contribution in [3.05, 3.63) is 35.4 Å². The van der Waals surface area contributed by atoms with E-state index in [2.05, 4.69) is 5.32 Å². The summed E-state index contributed by atoms with van der Waals surface area (Å²) < 4.78 is 32.4. The quantitative estimate of drug-likeness (QED) is 0.849. The van der Waals surface area contributed by atoms with Gasteiger partial charge in [-0.2, -0.15) is 0 Å². The molecule has 0 amide bonds. The van der Waals surface area contributed by atoms with E-state index in [1.807, 2.05) is 4.90 Å². The van der Waals surface area contributed by atoms with Crippen LogP contribution in [0.3, 0.4) is 0 Å². The average Bonchev–Trinajstić information content (AvgIpc) is 2.49. The van der Waals surface area contributed by atoms with E-state index < -0.39 is 23.1 Å². The second-order valence-corrected chi connectivity index (χ2v) is 4.93. The summed E-state index contributed by atoms with van der Waals surface area (Å²) in [6.07, 6.45) is 0. The zero-order valence-electron chi connectivity index (χ0n) is 11.6. The van der Waals surface area contributed by atoms with E-state index in [4.69, 9.17) is 4.74 Å². The van der Waals surface area contributed by atoms with Crippen LogP contribution in [0, 0.1) is 11.6 Å². The lowest BCUT2D eigenvalue weighted by molar-refractivity contribution is -0.156. The Morgan fingerprint density at radius 1 is 1.35 bits per heavy atom. The second-order valence-electron chi connectivity index (χ2n) is 4.93.